The van der Waals surface area contributed by atoms with Crippen molar-refractivity contribution < 1.29 is 24.0 Å². The highest BCUT2D eigenvalue weighted by molar-refractivity contribution is 6.12. The van der Waals surface area contributed by atoms with Gasteiger partial charge in [0.25, 0.3) is 11.8 Å². The van der Waals surface area contributed by atoms with Crippen LogP contribution in [0.3, 0.4) is 0 Å². The van der Waals surface area contributed by atoms with Crippen LogP contribution in [0.15, 0.2) is 60.7 Å². The quantitative estimate of drug-likeness (QED) is 0.109. The maximum absolute atomic E-state index is 12.0. The number of aromatic nitrogens is 3. The number of nitrogens with two attached hydrogens (primary N) is 3. The van der Waals surface area contributed by atoms with E-state index in [2.05, 4.69) is 27.9 Å². The second-order valence-corrected chi connectivity index (χ2v) is 11.6. The van der Waals surface area contributed by atoms with Crippen LogP contribution in [0.2, 0.25) is 0 Å². The van der Waals surface area contributed by atoms with Gasteiger partial charge in [0.05, 0.1) is 11.0 Å². The molecule has 3 heterocycles. The smallest absolute Gasteiger partial charge is 0.253 e. The Kier molecular flexibility index (Phi) is 12.4. The van der Waals surface area contributed by atoms with Crippen molar-refractivity contribution in [3.05, 3.63) is 72.1 Å². The number of pyridine rings is 1. The zero-order chi connectivity index (χ0) is 34.6. The molecule has 0 fully saturated rings. The van der Waals surface area contributed by atoms with Crippen LogP contribution in [0.4, 0.5) is 11.5 Å². The van der Waals surface area contributed by atoms with E-state index in [1.807, 2.05) is 42.5 Å². The van der Waals surface area contributed by atoms with Gasteiger partial charge in [0.2, 0.25) is 17.7 Å². The number of hydrogen-bond acceptors (Lipinski definition) is 8. The monoisotopic (exact) mass is 654 g/mol. The molecule has 13 heteroatoms. The Bertz CT molecular complexity index is 1810. The topological polar surface area (TPSA) is 209 Å². The third-order valence-electron chi connectivity index (χ3n) is 7.83. The molecule has 2 aromatic heterocycles. The van der Waals surface area contributed by atoms with E-state index in [-0.39, 0.29) is 36.5 Å². The summed E-state index contributed by atoms with van der Waals surface area (Å²) in [5.74, 6) is -0.127. The first-order chi connectivity index (χ1) is 23.1. The van der Waals surface area contributed by atoms with E-state index >= 15 is 0 Å². The molecule has 1 aliphatic heterocycles. The Balaban J connectivity index is 0.000000291. The van der Waals surface area contributed by atoms with Gasteiger partial charge in [0, 0.05) is 62.0 Å². The number of imidazole rings is 1. The van der Waals surface area contributed by atoms with E-state index in [9.17, 15) is 24.0 Å². The lowest BCUT2D eigenvalue weighted by Gasteiger charge is -2.12. The highest BCUT2D eigenvalue weighted by atomic mass is 16.2. The van der Waals surface area contributed by atoms with Gasteiger partial charge in [-0.25, -0.2) is 9.97 Å². The van der Waals surface area contributed by atoms with Crippen LogP contribution in [0, 0.1) is 0 Å². The number of unbranched alkanes of at least 4 members (excludes halogenated alkanes) is 3. The Morgan fingerprint density at radius 1 is 0.812 bits per heavy atom. The number of carbonyl (C=O) groups excluding carboxylic acids is 5. The number of benzene rings is 2. The zero-order valence-electron chi connectivity index (χ0n) is 27.1. The number of aryl methyl sites for hydroxylation is 1. The van der Waals surface area contributed by atoms with Crippen LogP contribution in [-0.4, -0.2) is 55.5 Å². The fourth-order valence-electron chi connectivity index (χ4n) is 5.33. The number of nitrogens with zero attached hydrogens (tertiary/aromatic N) is 4. The van der Waals surface area contributed by atoms with Gasteiger partial charge in [-0.2, -0.15) is 0 Å². The molecule has 7 N–H and O–H groups in total. The minimum atomic E-state index is -0.490. The number of para-hydroxylation sites is 1. The molecule has 0 saturated heterocycles. The summed E-state index contributed by atoms with van der Waals surface area (Å²) in [6.45, 7) is 3.21. The summed E-state index contributed by atoms with van der Waals surface area (Å²) in [6.07, 6.45) is 8.17. The fraction of sp³-hybridized carbons (Fsp3) is 0.343. The van der Waals surface area contributed by atoms with Gasteiger partial charge in [-0.1, -0.05) is 50.1 Å². The minimum absolute atomic E-state index is 0.0318. The molecule has 0 spiro atoms. The lowest BCUT2D eigenvalue weighted by atomic mass is 10.1. The maximum Gasteiger partial charge on any atom is 0.253 e. The number of carbonyl (C=O) groups is 5. The van der Waals surface area contributed by atoms with Crippen molar-refractivity contribution in [1.82, 2.24) is 19.4 Å². The molecule has 5 rings (SSSR count). The Morgan fingerprint density at radius 2 is 1.50 bits per heavy atom. The van der Waals surface area contributed by atoms with Crippen molar-refractivity contribution in [2.75, 3.05) is 17.6 Å². The maximum atomic E-state index is 12.0. The Hall–Kier alpha value is -5.59. The number of fused-ring (bicyclic) bond motifs is 3. The summed E-state index contributed by atoms with van der Waals surface area (Å²) in [4.78, 5) is 66.0. The van der Waals surface area contributed by atoms with Crippen LogP contribution in [0.1, 0.15) is 69.7 Å². The molecule has 5 amide bonds. The SMILES string of the molecule is CCCCc1nc2c(N)nc3ccccc3c2n1Cc1ccc(NC(=O)CCC(N)=O)cc1.NC(=O)CCCCCN1C(=O)C=CC1=O. The van der Waals surface area contributed by atoms with E-state index in [0.29, 0.717) is 43.9 Å². The molecule has 13 nitrogen and oxygen atoms in total. The zero-order valence-corrected chi connectivity index (χ0v) is 27.1. The number of hydrogen-bond donors (Lipinski definition) is 4. The van der Waals surface area contributed by atoms with Crippen LogP contribution in [-0.2, 0) is 36.9 Å². The number of primary amides is 2. The van der Waals surface area contributed by atoms with Crippen molar-refractivity contribution in [2.45, 2.75) is 71.3 Å². The summed E-state index contributed by atoms with van der Waals surface area (Å²) in [5.41, 5.74) is 20.7. The predicted octanol–water partition coefficient (Wildman–Crippen LogP) is 3.72. The van der Waals surface area contributed by atoms with Gasteiger partial charge < -0.3 is 27.1 Å². The Labute approximate surface area is 278 Å². The van der Waals surface area contributed by atoms with E-state index < -0.39 is 5.91 Å². The van der Waals surface area contributed by atoms with Crippen molar-refractivity contribution in [2.24, 2.45) is 11.5 Å². The molecular formula is C35H42N8O5. The predicted molar refractivity (Wildman–Crippen MR) is 184 cm³/mol. The van der Waals surface area contributed by atoms with Crippen molar-refractivity contribution >= 4 is 63.0 Å². The van der Waals surface area contributed by atoms with Gasteiger partial charge in [-0.15, -0.1) is 0 Å². The number of nitrogens with one attached hydrogen (secondary N) is 1. The van der Waals surface area contributed by atoms with Crippen molar-refractivity contribution in [1.29, 1.82) is 0 Å². The second kappa shape index (κ2) is 16.8. The number of amides is 5. The third kappa shape index (κ3) is 9.47. The highest BCUT2D eigenvalue weighted by Gasteiger charge is 2.22. The fourth-order valence-corrected chi connectivity index (χ4v) is 5.33. The molecule has 2 aromatic carbocycles. The summed E-state index contributed by atoms with van der Waals surface area (Å²) in [7, 11) is 0. The van der Waals surface area contributed by atoms with Crippen LogP contribution < -0.4 is 22.5 Å². The van der Waals surface area contributed by atoms with Crippen LogP contribution in [0.25, 0.3) is 21.9 Å². The number of anilines is 2. The Morgan fingerprint density at radius 3 is 2.17 bits per heavy atom. The number of imide groups is 1. The normalized spacial score (nSPS) is 12.4. The van der Waals surface area contributed by atoms with Crippen molar-refractivity contribution in [3.8, 4) is 0 Å². The van der Waals surface area contributed by atoms with E-state index in [0.717, 1.165) is 59.0 Å². The molecule has 0 atom stereocenters. The molecule has 0 saturated carbocycles. The summed E-state index contributed by atoms with van der Waals surface area (Å²) in [5, 5.41) is 3.82. The van der Waals surface area contributed by atoms with Gasteiger partial charge >= 0.3 is 0 Å². The summed E-state index contributed by atoms with van der Waals surface area (Å²) >= 11 is 0. The average molecular weight is 655 g/mol. The van der Waals surface area contributed by atoms with Gasteiger partial charge in [0.15, 0.2) is 5.82 Å². The highest BCUT2D eigenvalue weighted by Crippen LogP contribution is 2.30. The second-order valence-electron chi connectivity index (χ2n) is 11.6. The molecule has 4 aromatic rings. The lowest BCUT2D eigenvalue weighted by Crippen LogP contribution is -2.30. The number of rotatable bonds is 15. The van der Waals surface area contributed by atoms with E-state index in [1.54, 1.807) is 0 Å². The van der Waals surface area contributed by atoms with Crippen LogP contribution in [0.5, 0.6) is 0 Å². The standard InChI is InChI=1S/C25H28N6O2.C10H14N2O3/c1-2-3-8-21-30-23-24(18-6-4-5-7-19(18)29-25(23)27)31(21)15-16-9-11-17(12-10-16)28-22(33)14-13-20(26)32;11-8(13)4-2-1-3-7-12-9(14)5-6-10(12)15/h4-7,9-12H,2-3,8,13-15H2,1H3,(H2,26,32)(H2,27,29)(H,28,33);5-6H,1-4,7H2,(H2,11,13). The lowest BCUT2D eigenvalue weighted by molar-refractivity contribution is -0.137. The average Bonchev–Trinajstić information content (AvgIpc) is 3.58. The van der Waals surface area contributed by atoms with Crippen LogP contribution >= 0.6 is 0 Å². The van der Waals surface area contributed by atoms with Gasteiger partial charge in [-0.05, 0) is 43.0 Å². The first kappa shape index (κ1) is 35.3. The summed E-state index contributed by atoms with van der Waals surface area (Å²) < 4.78 is 2.23. The molecule has 1 aliphatic rings. The van der Waals surface area contributed by atoms with E-state index in [4.69, 9.17) is 22.2 Å². The molecular weight excluding hydrogens is 612 g/mol. The van der Waals surface area contributed by atoms with Gasteiger partial charge in [-0.3, -0.25) is 28.9 Å². The molecule has 0 radical (unpaired) electrons. The largest absolute Gasteiger partial charge is 0.382 e. The molecule has 252 valence electrons. The molecule has 0 unspecified atom stereocenters. The molecule has 48 heavy (non-hydrogen) atoms. The van der Waals surface area contributed by atoms with Crippen molar-refractivity contribution in [3.63, 3.8) is 0 Å². The first-order valence-electron chi connectivity index (χ1n) is 16.1. The summed E-state index contributed by atoms with van der Waals surface area (Å²) in [6, 6.07) is 15.6. The third-order valence-corrected chi connectivity index (χ3v) is 7.83. The minimum Gasteiger partial charge on any atom is -0.382 e. The molecule has 0 aliphatic carbocycles. The molecule has 0 bridgehead atoms. The van der Waals surface area contributed by atoms with E-state index in [1.165, 1.54) is 17.1 Å². The van der Waals surface area contributed by atoms with Gasteiger partial charge in [0.1, 0.15) is 11.3 Å². The first-order valence-corrected chi connectivity index (χ1v) is 16.1. The number of nitrogen functional groups attached to an aromatic ring is 1.